The van der Waals surface area contributed by atoms with Crippen molar-refractivity contribution in [2.24, 2.45) is 0 Å². The molecule has 3 heteroatoms. The Labute approximate surface area is 96.8 Å². The highest BCUT2D eigenvalue weighted by molar-refractivity contribution is 14.1. The Morgan fingerprint density at radius 3 is 1.79 bits per heavy atom. The first kappa shape index (κ1) is 11.0. The molecular weight excluding hydrogens is 289 g/mol. The zero-order valence-corrected chi connectivity index (χ0v) is 9.64. The second kappa shape index (κ2) is 6.37. The predicted molar refractivity (Wildman–Crippen MR) is 67.1 cm³/mol. The topological polar surface area (TPSA) is 29.1 Å². The molecule has 1 rings (SSSR count). The Bertz CT molecular complexity index is 339. The lowest BCUT2D eigenvalue weighted by atomic mass is 10.3. The van der Waals surface area contributed by atoms with E-state index in [1.54, 1.807) is 22.6 Å². The van der Waals surface area contributed by atoms with Crippen LogP contribution in [0, 0.1) is 0 Å². The molecule has 1 aromatic carbocycles. The van der Waals surface area contributed by atoms with Gasteiger partial charge in [0.2, 0.25) is 0 Å². The fourth-order valence-corrected chi connectivity index (χ4v) is 1.20. The van der Waals surface area contributed by atoms with Gasteiger partial charge in [0.1, 0.15) is 0 Å². The number of halogens is 1. The summed E-state index contributed by atoms with van der Waals surface area (Å²) in [6.45, 7) is 0. The van der Waals surface area contributed by atoms with Crippen molar-refractivity contribution in [2.45, 2.75) is 0 Å². The number of carbonyl (C=O) groups is 1. The summed E-state index contributed by atoms with van der Waals surface area (Å²) in [4.78, 5) is 10.8. The number of hydrogen-bond donors (Lipinski definition) is 1. The molecule has 1 N–H and O–H groups in total. The Kier molecular flexibility index (Phi) is 4.99. The first-order valence-corrected chi connectivity index (χ1v) is 5.22. The van der Waals surface area contributed by atoms with E-state index >= 15 is 0 Å². The van der Waals surface area contributed by atoms with Crippen molar-refractivity contribution in [3.8, 4) is 0 Å². The average molecular weight is 299 g/mol. The number of hydrogen-bond acceptors (Lipinski definition) is 1. The minimum atomic E-state index is -0.0940. The highest BCUT2D eigenvalue weighted by Gasteiger charge is 1.90. The monoisotopic (exact) mass is 299 g/mol. The van der Waals surface area contributed by atoms with Crippen molar-refractivity contribution in [1.82, 2.24) is 0 Å². The van der Waals surface area contributed by atoms with Gasteiger partial charge in [-0.1, -0.05) is 42.5 Å². The molecule has 0 fully saturated rings. The second-order valence-electron chi connectivity index (χ2n) is 2.53. The number of rotatable bonds is 1. The minimum absolute atomic E-state index is 0.0940. The van der Waals surface area contributed by atoms with Gasteiger partial charge in [0.15, 0.2) is 0 Å². The Hall–Kier alpha value is -1.10. The van der Waals surface area contributed by atoms with Gasteiger partial charge in [-0.3, -0.25) is 4.79 Å². The molecule has 14 heavy (non-hydrogen) atoms. The summed E-state index contributed by atoms with van der Waals surface area (Å²) in [6.07, 6.45) is 0. The van der Waals surface area contributed by atoms with E-state index in [0.29, 0.717) is 0 Å². The highest BCUT2D eigenvalue weighted by Crippen LogP contribution is 2.04. The molecule has 0 radical (unpaired) electrons. The van der Waals surface area contributed by atoms with Gasteiger partial charge in [-0.05, 0) is 12.1 Å². The first-order valence-electron chi connectivity index (χ1n) is 4.14. The zero-order chi connectivity index (χ0) is 10.2. The maximum atomic E-state index is 10.8. The van der Waals surface area contributed by atoms with E-state index in [2.05, 4.69) is 5.32 Å². The van der Waals surface area contributed by atoms with Crippen LogP contribution in [0.4, 0.5) is 10.5 Å². The molecule has 0 aliphatic heterocycles. The van der Waals surface area contributed by atoms with Crippen LogP contribution in [0.25, 0.3) is 0 Å². The van der Waals surface area contributed by atoms with E-state index in [9.17, 15) is 4.79 Å². The van der Waals surface area contributed by atoms with E-state index < -0.39 is 0 Å². The molecule has 0 aliphatic rings. The molecular formula is C11H10INO. The maximum Gasteiger partial charge on any atom is 0.284 e. The average Bonchev–Trinajstić information content (AvgIpc) is 2.15. The SMILES string of the molecule is O=C(I)Nc1ccccccccc1. The summed E-state index contributed by atoms with van der Waals surface area (Å²) < 4.78 is -0.0940. The third-order valence-corrected chi connectivity index (χ3v) is 1.73. The third kappa shape index (κ3) is 4.81. The molecule has 0 heterocycles. The van der Waals surface area contributed by atoms with E-state index in [0.717, 1.165) is 5.69 Å². The van der Waals surface area contributed by atoms with Crippen LogP contribution in [0.5, 0.6) is 0 Å². The minimum Gasteiger partial charge on any atom is -0.317 e. The number of amides is 1. The van der Waals surface area contributed by atoms with Crippen LogP contribution in [-0.2, 0) is 0 Å². The van der Waals surface area contributed by atoms with Gasteiger partial charge in [0.05, 0.1) is 0 Å². The Morgan fingerprint density at radius 2 is 1.36 bits per heavy atom. The molecule has 0 bridgehead atoms. The Balaban J connectivity index is 3.01. The number of nitrogens with one attached hydrogen (secondary N) is 1. The van der Waals surface area contributed by atoms with Crippen molar-refractivity contribution in [3.63, 3.8) is 0 Å². The van der Waals surface area contributed by atoms with Gasteiger partial charge in [-0.2, -0.15) is 0 Å². The normalized spacial score (nSPS) is 8.64. The van der Waals surface area contributed by atoms with Gasteiger partial charge in [-0.15, -0.1) is 0 Å². The molecule has 0 saturated carbocycles. The van der Waals surface area contributed by atoms with Crippen molar-refractivity contribution in [2.75, 3.05) is 5.32 Å². The summed E-state index contributed by atoms with van der Waals surface area (Å²) >= 11 is 1.70. The van der Waals surface area contributed by atoms with Gasteiger partial charge >= 0.3 is 0 Å². The van der Waals surface area contributed by atoms with Crippen molar-refractivity contribution < 1.29 is 4.79 Å². The smallest absolute Gasteiger partial charge is 0.284 e. The van der Waals surface area contributed by atoms with Gasteiger partial charge in [0.25, 0.3) is 3.91 Å². The molecule has 0 aromatic heterocycles. The number of anilines is 1. The summed E-state index contributed by atoms with van der Waals surface area (Å²) in [7, 11) is 0. The van der Waals surface area contributed by atoms with E-state index in [-0.39, 0.29) is 3.91 Å². The van der Waals surface area contributed by atoms with E-state index in [1.165, 1.54) is 0 Å². The Morgan fingerprint density at radius 1 is 0.929 bits per heavy atom. The fraction of sp³-hybridized carbons (Fsp3) is 0. The predicted octanol–water partition coefficient (Wildman–Crippen LogP) is 3.78. The summed E-state index contributed by atoms with van der Waals surface area (Å²) in [5.74, 6) is 0. The molecule has 2 nitrogen and oxygen atoms in total. The summed E-state index contributed by atoms with van der Waals surface area (Å²) in [5, 5.41) is 2.71. The fourth-order valence-electron chi connectivity index (χ4n) is 0.892. The molecule has 1 amide bonds. The highest BCUT2D eigenvalue weighted by atomic mass is 127. The molecule has 0 spiro atoms. The van der Waals surface area contributed by atoms with Crippen LogP contribution >= 0.6 is 22.6 Å². The largest absolute Gasteiger partial charge is 0.317 e. The lowest BCUT2D eigenvalue weighted by Gasteiger charge is -1.95. The van der Waals surface area contributed by atoms with Crippen LogP contribution in [0.15, 0.2) is 54.6 Å². The molecule has 0 atom stereocenters. The summed E-state index contributed by atoms with van der Waals surface area (Å²) in [5.41, 5.74) is 0.778. The van der Waals surface area contributed by atoms with E-state index in [4.69, 9.17) is 0 Å². The molecule has 0 aliphatic carbocycles. The quantitative estimate of drug-likeness (QED) is 0.477. The van der Waals surface area contributed by atoms with Gasteiger partial charge < -0.3 is 5.32 Å². The zero-order valence-electron chi connectivity index (χ0n) is 7.48. The van der Waals surface area contributed by atoms with Crippen LogP contribution in [0.1, 0.15) is 0 Å². The lowest BCUT2D eigenvalue weighted by molar-refractivity contribution is 0.272. The van der Waals surface area contributed by atoms with Crippen LogP contribution in [-0.4, -0.2) is 3.91 Å². The molecule has 1 aromatic rings. The lowest BCUT2D eigenvalue weighted by Crippen LogP contribution is -1.98. The van der Waals surface area contributed by atoms with Crippen LogP contribution in [0.2, 0.25) is 0 Å². The molecule has 72 valence electrons. The van der Waals surface area contributed by atoms with Crippen LogP contribution < -0.4 is 5.32 Å². The second-order valence-corrected chi connectivity index (χ2v) is 3.51. The number of carbonyl (C=O) groups excluding carboxylic acids is 1. The van der Waals surface area contributed by atoms with Crippen molar-refractivity contribution in [3.05, 3.63) is 54.6 Å². The standard InChI is InChI=1S/C11H10INO/c12-11(14)13-10-8-6-4-2-1-3-5-7-9-10/h1-9H,(H,13,14). The van der Waals surface area contributed by atoms with Crippen LogP contribution in [0.3, 0.4) is 0 Å². The first-order chi connectivity index (χ1) is 6.79. The third-order valence-electron chi connectivity index (χ3n) is 1.46. The van der Waals surface area contributed by atoms with Gasteiger partial charge in [-0.25, -0.2) is 0 Å². The summed E-state index contributed by atoms with van der Waals surface area (Å²) in [6, 6.07) is 17.0. The van der Waals surface area contributed by atoms with Crippen molar-refractivity contribution >= 4 is 32.2 Å². The maximum absolute atomic E-state index is 10.8. The molecule has 0 unspecified atom stereocenters. The molecule has 0 saturated heterocycles. The van der Waals surface area contributed by atoms with Gasteiger partial charge in [0, 0.05) is 28.3 Å². The van der Waals surface area contributed by atoms with Crippen molar-refractivity contribution in [1.29, 1.82) is 0 Å². The van der Waals surface area contributed by atoms with E-state index in [1.807, 2.05) is 54.6 Å².